The van der Waals surface area contributed by atoms with E-state index in [-0.39, 0.29) is 11.6 Å². The topological polar surface area (TPSA) is 113 Å². The third-order valence-corrected chi connectivity index (χ3v) is 4.03. The van der Waals surface area contributed by atoms with Gasteiger partial charge < -0.3 is 19.4 Å². The van der Waals surface area contributed by atoms with E-state index in [4.69, 9.17) is 9.15 Å². The SMILES string of the molecule is Cc1ccc(/C=N\NC(=O)C(=O)Nc2ccccc2C(=O)N2CCOCC2)o1. The zero-order valence-electron chi connectivity index (χ0n) is 15.3. The van der Waals surface area contributed by atoms with Crippen LogP contribution < -0.4 is 10.7 Å². The van der Waals surface area contributed by atoms with Crippen LogP contribution in [-0.2, 0) is 14.3 Å². The maximum absolute atomic E-state index is 12.7. The summed E-state index contributed by atoms with van der Waals surface area (Å²) >= 11 is 0. The fourth-order valence-corrected chi connectivity index (χ4v) is 2.62. The van der Waals surface area contributed by atoms with Gasteiger partial charge in [0.05, 0.1) is 30.7 Å². The first kappa shape index (κ1) is 19.3. The largest absolute Gasteiger partial charge is 0.460 e. The minimum absolute atomic E-state index is 0.231. The Bertz CT molecular complexity index is 899. The first-order valence-corrected chi connectivity index (χ1v) is 8.71. The Morgan fingerprint density at radius 3 is 2.54 bits per heavy atom. The first-order valence-electron chi connectivity index (χ1n) is 8.71. The summed E-state index contributed by atoms with van der Waals surface area (Å²) in [6.07, 6.45) is 1.29. The Hall–Kier alpha value is -3.46. The number of nitrogens with one attached hydrogen (secondary N) is 2. The fourth-order valence-electron chi connectivity index (χ4n) is 2.62. The fraction of sp³-hybridized carbons (Fsp3) is 0.263. The molecule has 1 fully saturated rings. The minimum atomic E-state index is -0.965. The molecule has 2 aromatic rings. The summed E-state index contributed by atoms with van der Waals surface area (Å²) < 4.78 is 10.5. The highest BCUT2D eigenvalue weighted by atomic mass is 16.5. The van der Waals surface area contributed by atoms with Gasteiger partial charge in [0.15, 0.2) is 0 Å². The second kappa shape index (κ2) is 8.96. The molecule has 1 aliphatic heterocycles. The van der Waals surface area contributed by atoms with Crippen LogP contribution in [0, 0.1) is 6.92 Å². The second-order valence-corrected chi connectivity index (χ2v) is 6.05. The molecule has 0 saturated carbocycles. The van der Waals surface area contributed by atoms with Gasteiger partial charge in [-0.3, -0.25) is 14.4 Å². The lowest BCUT2D eigenvalue weighted by atomic mass is 10.1. The number of nitrogens with zero attached hydrogens (tertiary/aromatic N) is 2. The van der Waals surface area contributed by atoms with Crippen LogP contribution in [-0.4, -0.2) is 55.1 Å². The van der Waals surface area contributed by atoms with Crippen molar-refractivity contribution in [1.29, 1.82) is 0 Å². The number of benzene rings is 1. The number of hydrogen-bond acceptors (Lipinski definition) is 6. The quantitative estimate of drug-likeness (QED) is 0.466. The van der Waals surface area contributed by atoms with Gasteiger partial charge in [-0.2, -0.15) is 5.10 Å². The predicted octanol–water partition coefficient (Wildman–Crippen LogP) is 1.15. The third-order valence-electron chi connectivity index (χ3n) is 4.03. The van der Waals surface area contributed by atoms with E-state index in [0.29, 0.717) is 43.4 Å². The number of ether oxygens (including phenoxy) is 1. The maximum Gasteiger partial charge on any atom is 0.329 e. The Morgan fingerprint density at radius 2 is 1.82 bits per heavy atom. The number of furan rings is 1. The van der Waals surface area contributed by atoms with Crippen molar-refractivity contribution in [1.82, 2.24) is 10.3 Å². The summed E-state index contributed by atoms with van der Waals surface area (Å²) in [5.74, 6) is -0.985. The van der Waals surface area contributed by atoms with Crippen LogP contribution in [0.15, 0.2) is 45.9 Å². The van der Waals surface area contributed by atoms with Gasteiger partial charge in [-0.25, -0.2) is 5.43 Å². The van der Waals surface area contributed by atoms with Gasteiger partial charge in [-0.15, -0.1) is 0 Å². The number of anilines is 1. The maximum atomic E-state index is 12.7. The number of rotatable bonds is 4. The molecular formula is C19H20N4O5. The lowest BCUT2D eigenvalue weighted by Crippen LogP contribution is -2.41. The molecule has 1 saturated heterocycles. The van der Waals surface area contributed by atoms with Gasteiger partial charge in [-0.1, -0.05) is 12.1 Å². The van der Waals surface area contributed by atoms with E-state index in [1.165, 1.54) is 6.21 Å². The molecule has 2 N–H and O–H groups in total. The molecule has 1 aliphatic rings. The Kier molecular flexibility index (Phi) is 6.18. The number of carbonyl (C=O) groups excluding carboxylic acids is 3. The molecule has 3 amide bonds. The Labute approximate surface area is 161 Å². The van der Waals surface area contributed by atoms with E-state index >= 15 is 0 Å². The monoisotopic (exact) mass is 384 g/mol. The molecule has 9 nitrogen and oxygen atoms in total. The van der Waals surface area contributed by atoms with Gasteiger partial charge in [0, 0.05) is 13.1 Å². The zero-order valence-corrected chi connectivity index (χ0v) is 15.3. The standard InChI is InChI=1S/C19H20N4O5/c1-13-6-7-14(28-13)12-20-22-18(25)17(24)21-16-5-3-2-4-15(16)19(26)23-8-10-27-11-9-23/h2-7,12H,8-11H2,1H3,(H,21,24)(H,22,25)/b20-12-. The van der Waals surface area contributed by atoms with Crippen molar-refractivity contribution in [2.45, 2.75) is 6.92 Å². The molecule has 2 heterocycles. The van der Waals surface area contributed by atoms with Crippen molar-refractivity contribution in [2.24, 2.45) is 5.10 Å². The first-order chi connectivity index (χ1) is 13.5. The van der Waals surface area contributed by atoms with Crippen molar-refractivity contribution in [3.05, 3.63) is 53.5 Å². The van der Waals surface area contributed by atoms with E-state index in [1.807, 2.05) is 0 Å². The third kappa shape index (κ3) is 4.83. The molecule has 1 aromatic heterocycles. The van der Waals surface area contributed by atoms with Gasteiger partial charge in [0.1, 0.15) is 11.5 Å². The van der Waals surface area contributed by atoms with E-state index in [1.54, 1.807) is 48.2 Å². The summed E-state index contributed by atoms with van der Waals surface area (Å²) in [6.45, 7) is 3.66. The van der Waals surface area contributed by atoms with Crippen LogP contribution >= 0.6 is 0 Å². The molecule has 9 heteroatoms. The van der Waals surface area contributed by atoms with E-state index < -0.39 is 11.8 Å². The number of para-hydroxylation sites is 1. The van der Waals surface area contributed by atoms with Crippen LogP contribution in [0.2, 0.25) is 0 Å². The highest BCUT2D eigenvalue weighted by Crippen LogP contribution is 2.18. The number of hydrogen-bond donors (Lipinski definition) is 2. The normalized spacial score (nSPS) is 14.1. The summed E-state index contributed by atoms with van der Waals surface area (Å²) in [4.78, 5) is 38.4. The van der Waals surface area contributed by atoms with Gasteiger partial charge in [-0.05, 0) is 31.2 Å². The van der Waals surface area contributed by atoms with Gasteiger partial charge in [0.25, 0.3) is 5.91 Å². The number of aryl methyl sites for hydroxylation is 1. The van der Waals surface area contributed by atoms with Gasteiger partial charge >= 0.3 is 11.8 Å². The van der Waals surface area contributed by atoms with E-state index in [2.05, 4.69) is 15.8 Å². The minimum Gasteiger partial charge on any atom is -0.460 e. The van der Waals surface area contributed by atoms with Gasteiger partial charge in [0.2, 0.25) is 0 Å². The molecule has 1 aromatic carbocycles. The highest BCUT2D eigenvalue weighted by molar-refractivity contribution is 6.40. The Balaban J connectivity index is 1.62. The van der Waals surface area contributed by atoms with E-state index in [9.17, 15) is 14.4 Å². The predicted molar refractivity (Wildman–Crippen MR) is 101 cm³/mol. The Morgan fingerprint density at radius 1 is 1.07 bits per heavy atom. The average molecular weight is 384 g/mol. The molecule has 0 unspecified atom stereocenters. The highest BCUT2D eigenvalue weighted by Gasteiger charge is 2.22. The van der Waals surface area contributed by atoms with Crippen LogP contribution in [0.3, 0.4) is 0 Å². The van der Waals surface area contributed by atoms with Crippen molar-refractivity contribution in [3.8, 4) is 0 Å². The molecule has 0 bridgehead atoms. The molecule has 0 spiro atoms. The smallest absolute Gasteiger partial charge is 0.329 e. The van der Waals surface area contributed by atoms with Crippen molar-refractivity contribution in [3.63, 3.8) is 0 Å². The van der Waals surface area contributed by atoms with Crippen LogP contribution in [0.5, 0.6) is 0 Å². The van der Waals surface area contributed by atoms with Crippen molar-refractivity contribution in [2.75, 3.05) is 31.6 Å². The van der Waals surface area contributed by atoms with Crippen molar-refractivity contribution < 1.29 is 23.5 Å². The second-order valence-electron chi connectivity index (χ2n) is 6.05. The summed E-state index contributed by atoms with van der Waals surface area (Å²) in [5.41, 5.74) is 2.68. The molecule has 28 heavy (non-hydrogen) atoms. The lowest BCUT2D eigenvalue weighted by molar-refractivity contribution is -0.136. The molecular weight excluding hydrogens is 364 g/mol. The van der Waals surface area contributed by atoms with E-state index in [0.717, 1.165) is 0 Å². The summed E-state index contributed by atoms with van der Waals surface area (Å²) in [7, 11) is 0. The van der Waals surface area contributed by atoms with Crippen LogP contribution in [0.25, 0.3) is 0 Å². The number of morpholine rings is 1. The molecule has 146 valence electrons. The molecule has 0 radical (unpaired) electrons. The summed E-state index contributed by atoms with van der Waals surface area (Å²) in [5, 5.41) is 6.14. The number of hydrazone groups is 1. The lowest BCUT2D eigenvalue weighted by Gasteiger charge is -2.27. The van der Waals surface area contributed by atoms with Crippen LogP contribution in [0.1, 0.15) is 21.9 Å². The number of amides is 3. The number of carbonyl (C=O) groups is 3. The molecule has 0 atom stereocenters. The van der Waals surface area contributed by atoms with Crippen LogP contribution in [0.4, 0.5) is 5.69 Å². The molecule has 3 rings (SSSR count). The average Bonchev–Trinajstić information content (AvgIpc) is 3.13. The molecule has 0 aliphatic carbocycles. The summed E-state index contributed by atoms with van der Waals surface area (Å²) in [6, 6.07) is 9.95. The van der Waals surface area contributed by atoms with Crippen molar-refractivity contribution >= 4 is 29.6 Å². The zero-order chi connectivity index (χ0) is 19.9.